The number of carbonyl (C=O) groups is 2. The first-order valence-electron chi connectivity index (χ1n) is 13.1. The molecule has 0 spiro atoms. The van der Waals surface area contributed by atoms with Gasteiger partial charge in [-0.25, -0.2) is 8.70 Å². The summed E-state index contributed by atoms with van der Waals surface area (Å²) >= 11 is 0. The highest BCUT2D eigenvalue weighted by Crippen LogP contribution is 2.26. The maximum atomic E-state index is 14.0. The van der Waals surface area contributed by atoms with E-state index < -0.39 is 34.5 Å². The molecule has 1 fully saturated rings. The molecule has 0 unspecified atom stereocenters. The van der Waals surface area contributed by atoms with Gasteiger partial charge in [-0.05, 0) is 68.0 Å². The summed E-state index contributed by atoms with van der Waals surface area (Å²) in [5.41, 5.74) is 2.59. The lowest BCUT2D eigenvalue weighted by Crippen LogP contribution is -2.54. The highest BCUT2D eigenvalue weighted by molar-refractivity contribution is 7.90. The molecule has 2 amide bonds. The van der Waals surface area contributed by atoms with Gasteiger partial charge in [-0.15, -0.1) is 0 Å². The van der Waals surface area contributed by atoms with Crippen molar-refractivity contribution < 1.29 is 22.4 Å². The molecular weight excluding hydrogens is 507 g/mol. The summed E-state index contributed by atoms with van der Waals surface area (Å²) in [6.45, 7) is 5.02. The Hall–Kier alpha value is -2.98. The van der Waals surface area contributed by atoms with Gasteiger partial charge in [0.05, 0.1) is 5.69 Å². The predicted molar refractivity (Wildman–Crippen MR) is 147 cm³/mol. The highest BCUT2D eigenvalue weighted by Gasteiger charge is 2.35. The van der Waals surface area contributed by atoms with Crippen LogP contribution in [0.4, 0.5) is 10.1 Å². The molecule has 0 aliphatic heterocycles. The summed E-state index contributed by atoms with van der Waals surface area (Å²) < 4.78 is 42.6. The van der Waals surface area contributed by atoms with Crippen molar-refractivity contribution in [2.75, 3.05) is 24.9 Å². The highest BCUT2D eigenvalue weighted by atomic mass is 32.2. The predicted octanol–water partition coefficient (Wildman–Crippen LogP) is 3.92. The van der Waals surface area contributed by atoms with Crippen LogP contribution in [0.3, 0.4) is 0 Å². The number of benzene rings is 2. The summed E-state index contributed by atoms with van der Waals surface area (Å²) in [5, 5.41) is 3.08. The molecule has 3 rings (SSSR count). The van der Waals surface area contributed by atoms with Gasteiger partial charge in [0.1, 0.15) is 18.4 Å². The largest absolute Gasteiger partial charge is 0.352 e. The molecule has 1 saturated carbocycles. The summed E-state index contributed by atoms with van der Waals surface area (Å²) in [5.74, 6) is -1.19. The minimum absolute atomic E-state index is 0.0400. The average molecular weight is 547 g/mol. The number of anilines is 1. The number of carbonyl (C=O) groups excluding carboxylic acids is 2. The average Bonchev–Trinajstić information content (AvgIpc) is 3.38. The van der Waals surface area contributed by atoms with Crippen LogP contribution < -0.4 is 9.62 Å². The number of aryl methyl sites for hydroxylation is 2. The van der Waals surface area contributed by atoms with Crippen molar-refractivity contribution in [2.45, 2.75) is 71.5 Å². The van der Waals surface area contributed by atoms with Gasteiger partial charge >= 0.3 is 10.2 Å². The second-order valence-corrected chi connectivity index (χ2v) is 12.2. The van der Waals surface area contributed by atoms with E-state index in [2.05, 4.69) is 5.32 Å². The Morgan fingerprint density at radius 3 is 2.26 bits per heavy atom. The summed E-state index contributed by atoms with van der Waals surface area (Å²) in [6, 6.07) is 10.4. The van der Waals surface area contributed by atoms with E-state index in [-0.39, 0.29) is 18.5 Å². The molecule has 1 atom stereocenters. The molecule has 0 saturated heterocycles. The van der Waals surface area contributed by atoms with E-state index in [1.54, 1.807) is 25.1 Å². The minimum atomic E-state index is -4.04. The molecule has 1 aliphatic carbocycles. The smallest absolute Gasteiger partial charge is 0.304 e. The number of nitrogens with zero attached hydrogens (tertiary/aromatic N) is 3. The van der Waals surface area contributed by atoms with Gasteiger partial charge in [0.2, 0.25) is 11.8 Å². The molecule has 0 bridgehead atoms. The van der Waals surface area contributed by atoms with Gasteiger partial charge in [0.15, 0.2) is 0 Å². The lowest BCUT2D eigenvalue weighted by molar-refractivity contribution is -0.140. The molecule has 8 nitrogen and oxygen atoms in total. The third kappa shape index (κ3) is 7.11. The van der Waals surface area contributed by atoms with Crippen molar-refractivity contribution in [2.24, 2.45) is 0 Å². The van der Waals surface area contributed by atoms with Crippen molar-refractivity contribution in [3.63, 3.8) is 0 Å². The van der Waals surface area contributed by atoms with E-state index in [1.807, 2.05) is 26.0 Å². The zero-order chi connectivity index (χ0) is 28.0. The van der Waals surface area contributed by atoms with Crippen LogP contribution in [0.25, 0.3) is 0 Å². The topological polar surface area (TPSA) is 90.0 Å². The lowest BCUT2D eigenvalue weighted by atomic mass is 10.1. The molecule has 208 valence electrons. The number of hydrogen-bond acceptors (Lipinski definition) is 4. The van der Waals surface area contributed by atoms with Crippen molar-refractivity contribution in [1.29, 1.82) is 0 Å². The zero-order valence-corrected chi connectivity index (χ0v) is 23.7. The van der Waals surface area contributed by atoms with E-state index in [9.17, 15) is 22.4 Å². The molecule has 1 N–H and O–H groups in total. The SMILES string of the molecule is CC[C@@H](C(=O)NC1CCCC1)N(Cc1ccc(F)cc1)C(=O)CN(c1cc(C)ccc1C)S(=O)(=O)N(C)C. The minimum Gasteiger partial charge on any atom is -0.352 e. The van der Waals surface area contributed by atoms with Crippen LogP contribution in [-0.4, -0.2) is 62.2 Å². The van der Waals surface area contributed by atoms with E-state index in [1.165, 1.54) is 31.1 Å². The number of hydrogen-bond donors (Lipinski definition) is 1. The van der Waals surface area contributed by atoms with Gasteiger partial charge in [-0.2, -0.15) is 12.7 Å². The Labute approximate surface area is 226 Å². The van der Waals surface area contributed by atoms with Crippen LogP contribution in [0, 0.1) is 19.7 Å². The van der Waals surface area contributed by atoms with Gasteiger partial charge in [0.25, 0.3) is 0 Å². The van der Waals surface area contributed by atoms with Crippen LogP contribution in [0.5, 0.6) is 0 Å². The van der Waals surface area contributed by atoms with Crippen molar-refractivity contribution in [3.05, 3.63) is 65.0 Å². The Bertz CT molecular complexity index is 1230. The molecule has 38 heavy (non-hydrogen) atoms. The van der Waals surface area contributed by atoms with E-state index in [0.29, 0.717) is 23.2 Å². The summed E-state index contributed by atoms with van der Waals surface area (Å²) in [4.78, 5) is 28.7. The molecule has 0 aromatic heterocycles. The molecule has 2 aromatic carbocycles. The number of nitrogens with one attached hydrogen (secondary N) is 1. The number of halogens is 1. The van der Waals surface area contributed by atoms with Crippen LogP contribution in [-0.2, 0) is 26.3 Å². The summed E-state index contributed by atoms with van der Waals surface area (Å²) in [7, 11) is -1.21. The third-order valence-electron chi connectivity index (χ3n) is 7.01. The fraction of sp³-hybridized carbons (Fsp3) is 0.500. The Balaban J connectivity index is 1.99. The molecule has 0 radical (unpaired) electrons. The second kappa shape index (κ2) is 12.7. The molecule has 0 heterocycles. The van der Waals surface area contributed by atoms with Gasteiger partial charge < -0.3 is 10.2 Å². The molecule has 10 heteroatoms. The van der Waals surface area contributed by atoms with Gasteiger partial charge in [-0.1, -0.05) is 44.0 Å². The number of amides is 2. The normalized spacial score (nSPS) is 14.9. The van der Waals surface area contributed by atoms with Crippen LogP contribution in [0.2, 0.25) is 0 Å². The first kappa shape index (κ1) is 29.6. The second-order valence-electron chi connectivity index (χ2n) is 10.1. The Kier molecular flexibility index (Phi) is 9.89. The lowest BCUT2D eigenvalue weighted by Gasteiger charge is -2.34. The van der Waals surface area contributed by atoms with Crippen molar-refractivity contribution >= 4 is 27.7 Å². The van der Waals surface area contributed by atoms with E-state index >= 15 is 0 Å². The maximum Gasteiger partial charge on any atom is 0.304 e. The Morgan fingerprint density at radius 1 is 1.05 bits per heavy atom. The maximum absolute atomic E-state index is 14.0. The van der Waals surface area contributed by atoms with Gasteiger partial charge in [0, 0.05) is 26.7 Å². The number of rotatable bonds is 11. The molecule has 2 aromatic rings. The standard InChI is InChI=1S/C28H39FN4O4S/c1-6-25(28(35)30-24-9-7-8-10-24)32(18-22-13-15-23(29)16-14-22)27(34)19-33(38(36,37)31(4)5)26-17-20(2)11-12-21(26)3/h11-17,24-25H,6-10,18-19H2,1-5H3,(H,30,35)/t25-/m0/s1. The van der Waals surface area contributed by atoms with Crippen LogP contribution in [0.1, 0.15) is 55.7 Å². The fourth-order valence-electron chi connectivity index (χ4n) is 4.76. The zero-order valence-electron chi connectivity index (χ0n) is 22.9. The fourth-order valence-corrected chi connectivity index (χ4v) is 5.88. The van der Waals surface area contributed by atoms with Crippen molar-refractivity contribution in [1.82, 2.24) is 14.5 Å². The quantitative estimate of drug-likeness (QED) is 0.463. The molecule has 1 aliphatic rings. The first-order valence-corrected chi connectivity index (χ1v) is 14.5. The van der Waals surface area contributed by atoms with Crippen molar-refractivity contribution in [3.8, 4) is 0 Å². The van der Waals surface area contributed by atoms with E-state index in [4.69, 9.17) is 0 Å². The van der Waals surface area contributed by atoms with Gasteiger partial charge in [-0.3, -0.25) is 9.59 Å². The van der Waals surface area contributed by atoms with Crippen LogP contribution >= 0.6 is 0 Å². The summed E-state index contributed by atoms with van der Waals surface area (Å²) in [6.07, 6.45) is 4.24. The Morgan fingerprint density at radius 2 is 1.68 bits per heavy atom. The first-order chi connectivity index (χ1) is 17.9. The van der Waals surface area contributed by atoms with E-state index in [0.717, 1.165) is 39.9 Å². The monoisotopic (exact) mass is 546 g/mol. The van der Waals surface area contributed by atoms with Crippen LogP contribution in [0.15, 0.2) is 42.5 Å². The third-order valence-corrected chi connectivity index (χ3v) is 8.81. The molecular formula is C28H39FN4O4S.